The smallest absolute Gasteiger partial charge is 0.226 e. The number of carbonyl (C=O) groups excluding carboxylic acids is 1. The molecule has 0 spiro atoms. The second kappa shape index (κ2) is 8.23. The van der Waals surface area contributed by atoms with Crippen molar-refractivity contribution >= 4 is 72.3 Å². The van der Waals surface area contributed by atoms with Gasteiger partial charge in [-0.05, 0) is 50.8 Å². The topological polar surface area (TPSA) is 83.1 Å². The largest absolute Gasteiger partial charge is 0.377 e. The number of anilines is 2. The minimum absolute atomic E-state index is 0.00450. The van der Waals surface area contributed by atoms with Crippen LogP contribution in [0.25, 0.3) is 20.4 Å². The zero-order valence-corrected chi connectivity index (χ0v) is 20.7. The number of thiophene rings is 1. The van der Waals surface area contributed by atoms with E-state index in [1.807, 2.05) is 17.0 Å². The van der Waals surface area contributed by atoms with Gasteiger partial charge in [0.2, 0.25) is 5.91 Å². The Labute approximate surface area is 204 Å². The van der Waals surface area contributed by atoms with Crippen LogP contribution in [0.5, 0.6) is 0 Å². The maximum Gasteiger partial charge on any atom is 0.226 e. The Kier molecular flexibility index (Phi) is 5.32. The van der Waals surface area contributed by atoms with Crippen LogP contribution in [-0.2, 0) is 22.4 Å². The first kappa shape index (κ1) is 21.3. The standard InChI is InChI=1S/C23H24ClN5O2S2/c1-11-8-31-9-12(2)29(11)23(30)13-3-4-14-18(5-13)32-22-20(14)21(25-10-26-22)27-16-7-19-17(28-33-19)6-15(16)24/h6-7,10-13,28H,3-5,8-9H2,1-2H3,(H,25,26,27)/t11-,12-,13-/m0/s1. The van der Waals surface area contributed by atoms with E-state index in [0.29, 0.717) is 18.2 Å². The number of aromatic amines is 1. The molecule has 4 aromatic rings. The molecule has 1 saturated heterocycles. The first-order valence-corrected chi connectivity index (χ1v) is 13.2. The summed E-state index contributed by atoms with van der Waals surface area (Å²) in [5, 5.41) is 5.15. The van der Waals surface area contributed by atoms with Gasteiger partial charge in [0.25, 0.3) is 0 Å². The Balaban J connectivity index is 1.30. The van der Waals surface area contributed by atoms with E-state index >= 15 is 0 Å². The number of aromatic nitrogens is 3. The summed E-state index contributed by atoms with van der Waals surface area (Å²) in [6.07, 6.45) is 4.04. The Morgan fingerprint density at radius 3 is 2.85 bits per heavy atom. The number of nitrogens with one attached hydrogen (secondary N) is 2. The molecule has 172 valence electrons. The molecule has 2 N–H and O–H groups in total. The molecular formula is C23H24ClN5O2S2. The van der Waals surface area contributed by atoms with Gasteiger partial charge in [-0.25, -0.2) is 9.97 Å². The number of benzene rings is 1. The van der Waals surface area contributed by atoms with Gasteiger partial charge < -0.3 is 19.3 Å². The summed E-state index contributed by atoms with van der Waals surface area (Å²) in [5.74, 6) is 1.03. The summed E-state index contributed by atoms with van der Waals surface area (Å²) >= 11 is 9.77. The van der Waals surface area contributed by atoms with Gasteiger partial charge in [0.1, 0.15) is 17.0 Å². The van der Waals surface area contributed by atoms with Crippen molar-refractivity contribution < 1.29 is 9.53 Å². The Morgan fingerprint density at radius 1 is 1.27 bits per heavy atom. The van der Waals surface area contributed by atoms with E-state index in [4.69, 9.17) is 16.3 Å². The van der Waals surface area contributed by atoms with E-state index < -0.39 is 0 Å². The molecule has 0 unspecified atom stereocenters. The number of rotatable bonds is 3. The average Bonchev–Trinajstić information content (AvgIpc) is 3.16. The van der Waals surface area contributed by atoms with E-state index in [-0.39, 0.29) is 23.9 Å². The first-order chi connectivity index (χ1) is 16.0. The number of hydrogen-bond donors (Lipinski definition) is 2. The summed E-state index contributed by atoms with van der Waals surface area (Å²) in [7, 11) is 0. The zero-order valence-electron chi connectivity index (χ0n) is 18.4. The molecule has 0 radical (unpaired) electrons. The van der Waals surface area contributed by atoms with Crippen LogP contribution in [0.4, 0.5) is 11.5 Å². The lowest BCUT2D eigenvalue weighted by Gasteiger charge is -2.41. The van der Waals surface area contributed by atoms with Gasteiger partial charge in [-0.1, -0.05) is 23.1 Å². The van der Waals surface area contributed by atoms with Crippen molar-refractivity contribution in [1.29, 1.82) is 0 Å². The molecule has 6 rings (SSSR count). The van der Waals surface area contributed by atoms with Crippen molar-refractivity contribution in [2.45, 2.75) is 45.2 Å². The van der Waals surface area contributed by atoms with Crippen molar-refractivity contribution in [3.8, 4) is 0 Å². The highest BCUT2D eigenvalue weighted by atomic mass is 35.5. The molecule has 3 atom stereocenters. The third-order valence-corrected chi connectivity index (χ3v) is 9.06. The lowest BCUT2D eigenvalue weighted by Crippen LogP contribution is -2.54. The van der Waals surface area contributed by atoms with Gasteiger partial charge in [0.15, 0.2) is 0 Å². The van der Waals surface area contributed by atoms with E-state index in [1.165, 1.54) is 10.4 Å². The maximum atomic E-state index is 13.4. The van der Waals surface area contributed by atoms with Gasteiger partial charge in [-0.15, -0.1) is 11.3 Å². The zero-order chi connectivity index (χ0) is 22.7. The summed E-state index contributed by atoms with van der Waals surface area (Å²) in [4.78, 5) is 26.8. The molecule has 2 aliphatic rings. The van der Waals surface area contributed by atoms with Gasteiger partial charge in [0, 0.05) is 10.8 Å². The van der Waals surface area contributed by atoms with Crippen molar-refractivity contribution in [2.24, 2.45) is 5.92 Å². The highest BCUT2D eigenvalue weighted by Crippen LogP contribution is 2.42. The fraction of sp³-hybridized carbons (Fsp3) is 0.435. The van der Waals surface area contributed by atoms with E-state index in [9.17, 15) is 4.79 Å². The number of morpholine rings is 1. The summed E-state index contributed by atoms with van der Waals surface area (Å²) in [5.41, 5.74) is 3.15. The normalized spacial score (nSPS) is 23.2. The number of nitrogens with zero attached hydrogens (tertiary/aromatic N) is 3. The van der Waals surface area contributed by atoms with Gasteiger partial charge in [-0.2, -0.15) is 0 Å². The molecule has 1 aliphatic heterocycles. The van der Waals surface area contributed by atoms with Crippen LogP contribution in [0.1, 0.15) is 30.7 Å². The second-order valence-electron chi connectivity index (χ2n) is 8.98. The molecule has 1 aromatic carbocycles. The Morgan fingerprint density at radius 2 is 2.09 bits per heavy atom. The Bertz CT molecular complexity index is 1350. The number of hydrogen-bond acceptors (Lipinski definition) is 7. The highest BCUT2D eigenvalue weighted by molar-refractivity contribution is 7.19. The van der Waals surface area contributed by atoms with E-state index in [0.717, 1.165) is 51.2 Å². The molecule has 1 aliphatic carbocycles. The summed E-state index contributed by atoms with van der Waals surface area (Å²) in [6.45, 7) is 5.37. The number of ether oxygens (including phenoxy) is 1. The number of H-pyrrole nitrogens is 1. The molecule has 0 bridgehead atoms. The van der Waals surface area contributed by atoms with Crippen LogP contribution in [-0.4, -0.2) is 50.4 Å². The van der Waals surface area contributed by atoms with Gasteiger partial charge >= 0.3 is 0 Å². The van der Waals surface area contributed by atoms with Crippen LogP contribution in [0, 0.1) is 5.92 Å². The van der Waals surface area contributed by atoms with Crippen LogP contribution < -0.4 is 5.32 Å². The fourth-order valence-electron chi connectivity index (χ4n) is 5.07. The maximum absolute atomic E-state index is 13.4. The number of fused-ring (bicyclic) bond motifs is 4. The molecule has 3 aromatic heterocycles. The van der Waals surface area contributed by atoms with Crippen LogP contribution in [0.15, 0.2) is 18.5 Å². The number of aryl methyl sites for hydroxylation is 1. The minimum atomic E-state index is 0.00450. The van der Waals surface area contributed by atoms with Crippen molar-refractivity contribution in [1.82, 2.24) is 19.2 Å². The third-order valence-electron chi connectivity index (χ3n) is 6.71. The molecule has 10 heteroatoms. The fourth-order valence-corrected chi connectivity index (χ4v) is 7.18. The second-order valence-corrected chi connectivity index (χ2v) is 11.3. The van der Waals surface area contributed by atoms with Crippen molar-refractivity contribution in [3.63, 3.8) is 0 Å². The van der Waals surface area contributed by atoms with Crippen molar-refractivity contribution in [3.05, 3.63) is 33.9 Å². The van der Waals surface area contributed by atoms with Gasteiger partial charge in [0.05, 0.1) is 51.6 Å². The number of carbonyl (C=O) groups is 1. The number of amides is 1. The van der Waals surface area contributed by atoms with Crippen LogP contribution in [0.3, 0.4) is 0 Å². The third kappa shape index (κ3) is 3.62. The predicted octanol–water partition coefficient (Wildman–Crippen LogP) is 5.37. The average molecular weight is 502 g/mol. The van der Waals surface area contributed by atoms with E-state index in [1.54, 1.807) is 29.2 Å². The molecular weight excluding hydrogens is 478 g/mol. The molecule has 33 heavy (non-hydrogen) atoms. The molecule has 0 saturated carbocycles. The highest BCUT2D eigenvalue weighted by Gasteiger charge is 2.36. The predicted molar refractivity (Wildman–Crippen MR) is 134 cm³/mol. The SMILES string of the molecule is C[C@H]1COC[C@H](C)N1C(=O)[C@H]1CCc2c(sc3ncnc(Nc4cc5s[nH]c5cc4Cl)c23)C1. The van der Waals surface area contributed by atoms with Crippen LogP contribution in [0.2, 0.25) is 5.02 Å². The van der Waals surface area contributed by atoms with E-state index in [2.05, 4.69) is 33.5 Å². The van der Waals surface area contributed by atoms with Gasteiger partial charge in [-0.3, -0.25) is 4.79 Å². The minimum Gasteiger partial charge on any atom is -0.377 e. The Hall–Kier alpha value is -2.20. The first-order valence-electron chi connectivity index (χ1n) is 11.2. The lowest BCUT2D eigenvalue weighted by molar-refractivity contribution is -0.149. The summed E-state index contributed by atoms with van der Waals surface area (Å²) in [6, 6.07) is 4.22. The summed E-state index contributed by atoms with van der Waals surface area (Å²) < 4.78 is 9.95. The monoisotopic (exact) mass is 501 g/mol. The molecule has 1 amide bonds. The quantitative estimate of drug-likeness (QED) is 0.394. The molecule has 4 heterocycles. The van der Waals surface area contributed by atoms with Crippen LogP contribution >= 0.6 is 34.5 Å². The number of halogens is 1. The van der Waals surface area contributed by atoms with Crippen molar-refractivity contribution in [2.75, 3.05) is 18.5 Å². The molecule has 1 fully saturated rings. The molecule has 7 nitrogen and oxygen atoms in total. The lowest BCUT2D eigenvalue weighted by atomic mass is 9.86.